The van der Waals surface area contributed by atoms with Crippen molar-refractivity contribution in [3.63, 3.8) is 0 Å². The summed E-state index contributed by atoms with van der Waals surface area (Å²) in [6, 6.07) is 5.65. The number of ether oxygens (including phenoxy) is 2. The Hall–Kier alpha value is -1.62. The van der Waals surface area contributed by atoms with Gasteiger partial charge in [-0.25, -0.2) is 0 Å². The predicted molar refractivity (Wildman–Crippen MR) is 52.1 cm³/mol. The van der Waals surface area contributed by atoms with Crippen molar-refractivity contribution in [2.45, 2.75) is 6.92 Å². The number of methoxy groups -OCH3 is 1. The molecular weight excluding hydrogens is 164 g/mol. The first-order chi connectivity index (χ1) is 6.27. The maximum absolute atomic E-state index is 5.31. The van der Waals surface area contributed by atoms with E-state index in [4.69, 9.17) is 15.9 Å². The second-order valence-corrected chi connectivity index (χ2v) is 2.62. The molecule has 0 fully saturated rings. The van der Waals surface area contributed by atoms with Crippen molar-refractivity contribution in [3.8, 4) is 23.8 Å². The molecule has 0 saturated carbocycles. The summed E-state index contributed by atoms with van der Waals surface area (Å²) >= 11 is 0. The highest BCUT2D eigenvalue weighted by molar-refractivity contribution is 5.39. The molecule has 0 radical (unpaired) electrons. The zero-order valence-electron chi connectivity index (χ0n) is 7.83. The third kappa shape index (κ3) is 2.41. The van der Waals surface area contributed by atoms with Crippen LogP contribution in [0.25, 0.3) is 0 Å². The van der Waals surface area contributed by atoms with Gasteiger partial charge in [0.2, 0.25) is 0 Å². The van der Waals surface area contributed by atoms with Crippen molar-refractivity contribution in [2.75, 3.05) is 13.7 Å². The Balaban J connectivity index is 2.85. The Morgan fingerprint density at radius 3 is 2.85 bits per heavy atom. The van der Waals surface area contributed by atoms with E-state index >= 15 is 0 Å². The van der Waals surface area contributed by atoms with Crippen molar-refractivity contribution in [1.82, 2.24) is 0 Å². The van der Waals surface area contributed by atoms with Crippen LogP contribution >= 0.6 is 0 Å². The van der Waals surface area contributed by atoms with Crippen molar-refractivity contribution >= 4 is 0 Å². The Labute approximate surface area is 78.5 Å². The zero-order valence-corrected chi connectivity index (χ0v) is 7.83. The summed E-state index contributed by atoms with van der Waals surface area (Å²) < 4.78 is 10.4. The lowest BCUT2D eigenvalue weighted by Crippen LogP contribution is -1.96. The average Bonchev–Trinajstić information content (AvgIpc) is 2.17. The molecule has 1 aromatic carbocycles. The highest BCUT2D eigenvalue weighted by Crippen LogP contribution is 2.23. The van der Waals surface area contributed by atoms with Crippen LogP contribution in [0.3, 0.4) is 0 Å². The van der Waals surface area contributed by atoms with Crippen molar-refractivity contribution in [1.29, 1.82) is 0 Å². The van der Waals surface area contributed by atoms with Gasteiger partial charge in [0.15, 0.2) is 0 Å². The third-order valence-corrected chi connectivity index (χ3v) is 1.71. The predicted octanol–water partition coefficient (Wildman–Crippen LogP) is 2.02. The molecule has 0 aromatic heterocycles. The van der Waals surface area contributed by atoms with Gasteiger partial charge in [0.05, 0.1) is 7.11 Å². The fraction of sp³-hybridized carbons (Fsp3) is 0.273. The van der Waals surface area contributed by atoms with E-state index in [1.165, 1.54) is 0 Å². The minimum Gasteiger partial charge on any atom is -0.497 e. The highest BCUT2D eigenvalue weighted by atomic mass is 16.5. The lowest BCUT2D eigenvalue weighted by Gasteiger charge is -2.07. The van der Waals surface area contributed by atoms with Gasteiger partial charge in [0, 0.05) is 6.07 Å². The van der Waals surface area contributed by atoms with Gasteiger partial charge in [-0.3, -0.25) is 0 Å². The first-order valence-corrected chi connectivity index (χ1v) is 3.99. The van der Waals surface area contributed by atoms with Gasteiger partial charge in [-0.15, -0.1) is 6.42 Å². The largest absolute Gasteiger partial charge is 0.497 e. The first kappa shape index (κ1) is 9.47. The van der Waals surface area contributed by atoms with Crippen LogP contribution in [0.5, 0.6) is 11.5 Å². The molecule has 1 rings (SSSR count). The Morgan fingerprint density at radius 1 is 1.46 bits per heavy atom. The molecule has 0 amide bonds. The second kappa shape index (κ2) is 4.42. The van der Waals surface area contributed by atoms with Crippen LogP contribution in [0, 0.1) is 19.3 Å². The van der Waals surface area contributed by atoms with Crippen LogP contribution in [0.2, 0.25) is 0 Å². The van der Waals surface area contributed by atoms with Crippen molar-refractivity contribution in [2.24, 2.45) is 0 Å². The summed E-state index contributed by atoms with van der Waals surface area (Å²) in [5.74, 6) is 3.97. The van der Waals surface area contributed by atoms with Gasteiger partial charge in [-0.05, 0) is 18.6 Å². The quantitative estimate of drug-likeness (QED) is 0.656. The number of benzene rings is 1. The van der Waals surface area contributed by atoms with Crippen molar-refractivity contribution < 1.29 is 9.47 Å². The van der Waals surface area contributed by atoms with E-state index < -0.39 is 0 Å². The zero-order chi connectivity index (χ0) is 9.68. The molecule has 0 aliphatic carbocycles. The molecule has 0 N–H and O–H groups in total. The summed E-state index contributed by atoms with van der Waals surface area (Å²) in [6.07, 6.45) is 5.09. The second-order valence-electron chi connectivity index (χ2n) is 2.62. The SMILES string of the molecule is C#CCOc1cc(OC)ccc1C. The summed E-state index contributed by atoms with van der Waals surface area (Å²) in [4.78, 5) is 0. The van der Waals surface area contributed by atoms with Gasteiger partial charge in [0.1, 0.15) is 18.1 Å². The molecule has 68 valence electrons. The van der Waals surface area contributed by atoms with E-state index in [0.29, 0.717) is 0 Å². The minimum absolute atomic E-state index is 0.286. The number of terminal acetylenes is 1. The summed E-state index contributed by atoms with van der Waals surface area (Å²) in [6.45, 7) is 2.25. The summed E-state index contributed by atoms with van der Waals surface area (Å²) in [7, 11) is 1.62. The van der Waals surface area contributed by atoms with Gasteiger partial charge in [0.25, 0.3) is 0 Å². The number of hydrogen-bond donors (Lipinski definition) is 0. The van der Waals surface area contributed by atoms with Gasteiger partial charge in [-0.2, -0.15) is 0 Å². The van der Waals surface area contributed by atoms with Crippen molar-refractivity contribution in [3.05, 3.63) is 23.8 Å². The van der Waals surface area contributed by atoms with Gasteiger partial charge >= 0.3 is 0 Å². The third-order valence-electron chi connectivity index (χ3n) is 1.71. The number of rotatable bonds is 3. The molecule has 2 nitrogen and oxygen atoms in total. The Morgan fingerprint density at radius 2 is 2.23 bits per heavy atom. The van der Waals surface area contributed by atoms with Gasteiger partial charge in [-0.1, -0.05) is 12.0 Å². The lowest BCUT2D eigenvalue weighted by molar-refractivity contribution is 0.361. The molecule has 2 heteroatoms. The standard InChI is InChI=1S/C11H12O2/c1-4-7-13-11-8-10(12-3)6-5-9(11)2/h1,5-6,8H,7H2,2-3H3. The van der Waals surface area contributed by atoms with E-state index in [1.54, 1.807) is 7.11 Å². The molecule has 0 aliphatic heterocycles. The summed E-state index contributed by atoms with van der Waals surface area (Å²) in [5, 5.41) is 0. The van der Waals surface area contributed by atoms with E-state index in [0.717, 1.165) is 17.1 Å². The smallest absolute Gasteiger partial charge is 0.148 e. The van der Waals surface area contributed by atoms with Crippen LogP contribution in [0.4, 0.5) is 0 Å². The van der Waals surface area contributed by atoms with Crippen LogP contribution in [0.1, 0.15) is 5.56 Å². The van der Waals surface area contributed by atoms with Crippen LogP contribution in [-0.4, -0.2) is 13.7 Å². The lowest BCUT2D eigenvalue weighted by atomic mass is 10.2. The molecule has 0 spiro atoms. The molecule has 13 heavy (non-hydrogen) atoms. The maximum Gasteiger partial charge on any atom is 0.148 e. The molecule has 0 saturated heterocycles. The molecule has 0 bridgehead atoms. The molecule has 0 aliphatic rings. The molecule has 0 atom stereocenters. The Bertz CT molecular complexity index is 323. The monoisotopic (exact) mass is 176 g/mol. The average molecular weight is 176 g/mol. The minimum atomic E-state index is 0.286. The van der Waals surface area contributed by atoms with E-state index in [2.05, 4.69) is 5.92 Å². The fourth-order valence-corrected chi connectivity index (χ4v) is 0.982. The highest BCUT2D eigenvalue weighted by Gasteiger charge is 2.00. The topological polar surface area (TPSA) is 18.5 Å². The van der Waals surface area contributed by atoms with E-state index in [1.807, 2.05) is 25.1 Å². The first-order valence-electron chi connectivity index (χ1n) is 3.99. The van der Waals surface area contributed by atoms with E-state index in [9.17, 15) is 0 Å². The normalized spacial score (nSPS) is 9.00. The van der Waals surface area contributed by atoms with Crippen LogP contribution in [0.15, 0.2) is 18.2 Å². The van der Waals surface area contributed by atoms with Crippen LogP contribution < -0.4 is 9.47 Å². The van der Waals surface area contributed by atoms with Gasteiger partial charge < -0.3 is 9.47 Å². The fourth-order valence-electron chi connectivity index (χ4n) is 0.982. The molecular formula is C11H12O2. The molecule has 1 aromatic rings. The number of aryl methyl sites for hydroxylation is 1. The molecule has 0 heterocycles. The molecule has 0 unspecified atom stereocenters. The summed E-state index contributed by atoms with van der Waals surface area (Å²) in [5.41, 5.74) is 1.05. The maximum atomic E-state index is 5.31. The van der Waals surface area contributed by atoms with E-state index in [-0.39, 0.29) is 6.61 Å². The Kier molecular flexibility index (Phi) is 3.22. The number of hydrogen-bond acceptors (Lipinski definition) is 2. The van der Waals surface area contributed by atoms with Crippen LogP contribution in [-0.2, 0) is 0 Å².